The van der Waals surface area contributed by atoms with E-state index in [1.807, 2.05) is 30.3 Å². The van der Waals surface area contributed by atoms with E-state index < -0.39 is 35.4 Å². The first-order valence-corrected chi connectivity index (χ1v) is 11.1. The molecule has 1 N–H and O–H groups in total. The highest BCUT2D eigenvalue weighted by molar-refractivity contribution is 5.82. The molecule has 0 aliphatic heterocycles. The maximum absolute atomic E-state index is 14.0. The van der Waals surface area contributed by atoms with E-state index in [1.54, 1.807) is 6.92 Å². The van der Waals surface area contributed by atoms with Crippen LogP contribution in [0.5, 0.6) is 0 Å². The summed E-state index contributed by atoms with van der Waals surface area (Å²) < 4.78 is 48.8. The fourth-order valence-electron chi connectivity index (χ4n) is 3.67. The number of nitrogens with zero attached hydrogens (tertiary/aromatic N) is 3. The fourth-order valence-corrected chi connectivity index (χ4v) is 3.67. The average Bonchev–Trinajstić information content (AvgIpc) is 3.33. The summed E-state index contributed by atoms with van der Waals surface area (Å²) in [6.07, 6.45) is -0.665. The number of fused-ring (bicyclic) bond motifs is 1. The number of oxime groups is 1. The third-order valence-corrected chi connectivity index (χ3v) is 5.33. The van der Waals surface area contributed by atoms with Gasteiger partial charge in [-0.3, -0.25) is 19.0 Å². The van der Waals surface area contributed by atoms with Crippen LogP contribution in [0.4, 0.5) is 13.2 Å². The highest BCUT2D eigenvalue weighted by Gasteiger charge is 2.35. The van der Waals surface area contributed by atoms with Crippen molar-refractivity contribution in [3.63, 3.8) is 0 Å². The van der Waals surface area contributed by atoms with Gasteiger partial charge in [-0.05, 0) is 30.7 Å². The number of nitrogens with one attached hydrogen (secondary N) is 1. The zero-order valence-corrected chi connectivity index (χ0v) is 19.5. The summed E-state index contributed by atoms with van der Waals surface area (Å²) in [5.74, 6) is -0.812. The van der Waals surface area contributed by atoms with Crippen molar-refractivity contribution < 1.29 is 27.5 Å². The van der Waals surface area contributed by atoms with E-state index in [0.717, 1.165) is 22.3 Å². The van der Waals surface area contributed by atoms with E-state index in [2.05, 4.69) is 10.1 Å². The van der Waals surface area contributed by atoms with Gasteiger partial charge in [-0.1, -0.05) is 35.5 Å². The molecule has 12 heteroatoms. The third kappa shape index (κ3) is 5.80. The van der Waals surface area contributed by atoms with Crippen molar-refractivity contribution >= 4 is 23.2 Å². The van der Waals surface area contributed by atoms with Gasteiger partial charge in [0, 0.05) is 18.0 Å². The van der Waals surface area contributed by atoms with E-state index >= 15 is 0 Å². The number of alkyl halides is 3. The Kier molecular flexibility index (Phi) is 7.27. The summed E-state index contributed by atoms with van der Waals surface area (Å²) in [7, 11) is 0. The molecule has 0 fully saturated rings. The number of hydrogen-bond donors (Lipinski definition) is 1. The molecule has 4 rings (SSSR count). The van der Waals surface area contributed by atoms with Gasteiger partial charge in [0.2, 0.25) is 0 Å². The van der Waals surface area contributed by atoms with E-state index in [9.17, 15) is 27.6 Å². The molecule has 2 aromatic carbocycles. The number of H-pyrrole nitrogens is 1. The number of benzene rings is 2. The van der Waals surface area contributed by atoms with Crippen LogP contribution in [0, 0.1) is 0 Å². The van der Waals surface area contributed by atoms with Crippen LogP contribution in [0.3, 0.4) is 0 Å². The Morgan fingerprint density at radius 2 is 1.89 bits per heavy atom. The molecule has 0 spiro atoms. The predicted molar refractivity (Wildman–Crippen MR) is 129 cm³/mol. The molecular weight excluding hydrogens is 493 g/mol. The number of aromatic nitrogens is 3. The molecule has 4 aromatic rings. The van der Waals surface area contributed by atoms with Crippen LogP contribution in [-0.2, 0) is 33.7 Å². The molecule has 9 nitrogen and oxygen atoms in total. The van der Waals surface area contributed by atoms with Gasteiger partial charge in [0.15, 0.2) is 0 Å². The first-order valence-electron chi connectivity index (χ1n) is 11.1. The molecule has 2 heterocycles. The summed E-state index contributed by atoms with van der Waals surface area (Å²) >= 11 is 0. The predicted octanol–water partition coefficient (Wildman–Crippen LogP) is 3.61. The Morgan fingerprint density at radius 3 is 2.59 bits per heavy atom. The van der Waals surface area contributed by atoms with Crippen molar-refractivity contribution in [3.05, 3.63) is 98.3 Å². The Hall–Kier alpha value is -4.61. The molecule has 0 saturated carbocycles. The zero-order chi connectivity index (χ0) is 26.6. The molecule has 0 radical (unpaired) electrons. The minimum Gasteiger partial charge on any atom is -0.465 e. The van der Waals surface area contributed by atoms with Crippen LogP contribution in [0.15, 0.2) is 75.7 Å². The van der Waals surface area contributed by atoms with Crippen LogP contribution in [0.1, 0.15) is 23.6 Å². The highest BCUT2D eigenvalue weighted by Crippen LogP contribution is 2.36. The first-order chi connectivity index (χ1) is 17.7. The van der Waals surface area contributed by atoms with Crippen LogP contribution in [0.2, 0.25) is 0 Å². The van der Waals surface area contributed by atoms with Gasteiger partial charge in [0.1, 0.15) is 13.2 Å². The van der Waals surface area contributed by atoms with Crippen molar-refractivity contribution in [1.82, 2.24) is 14.1 Å². The van der Waals surface area contributed by atoms with E-state index in [-0.39, 0.29) is 29.9 Å². The summed E-state index contributed by atoms with van der Waals surface area (Å²) in [5, 5.41) is 3.85. The van der Waals surface area contributed by atoms with Gasteiger partial charge >= 0.3 is 23.3 Å². The maximum atomic E-state index is 14.0. The zero-order valence-electron chi connectivity index (χ0n) is 19.5. The smallest absolute Gasteiger partial charge is 0.418 e. The quantitative estimate of drug-likeness (QED) is 0.167. The normalized spacial score (nSPS) is 11.8. The first kappa shape index (κ1) is 25.5. The number of carbonyl (C=O) groups is 1. The molecule has 2 aromatic heterocycles. The van der Waals surface area contributed by atoms with Crippen molar-refractivity contribution in [2.24, 2.45) is 5.16 Å². The minimum atomic E-state index is -4.79. The van der Waals surface area contributed by atoms with Crippen LogP contribution < -0.4 is 11.1 Å². The third-order valence-electron chi connectivity index (χ3n) is 5.33. The molecule has 0 amide bonds. The molecule has 0 saturated heterocycles. The van der Waals surface area contributed by atoms with Gasteiger partial charge in [-0.15, -0.1) is 0 Å². The van der Waals surface area contributed by atoms with Crippen LogP contribution in [0.25, 0.3) is 16.7 Å². The Morgan fingerprint density at radius 1 is 1.14 bits per heavy atom. The van der Waals surface area contributed by atoms with Crippen molar-refractivity contribution in [3.8, 4) is 5.69 Å². The Labute approximate surface area is 207 Å². The summed E-state index contributed by atoms with van der Waals surface area (Å²) in [5.41, 5.74) is -2.62. The Bertz CT molecular complexity index is 1570. The van der Waals surface area contributed by atoms with E-state index in [1.165, 1.54) is 29.2 Å². The second kappa shape index (κ2) is 10.6. The van der Waals surface area contributed by atoms with Crippen LogP contribution in [-0.4, -0.2) is 32.9 Å². The van der Waals surface area contributed by atoms with Crippen LogP contribution >= 0.6 is 0 Å². The maximum Gasteiger partial charge on any atom is 0.418 e. The van der Waals surface area contributed by atoms with Crippen molar-refractivity contribution in [2.75, 3.05) is 6.61 Å². The van der Waals surface area contributed by atoms with Crippen molar-refractivity contribution in [1.29, 1.82) is 0 Å². The molecular formula is C25H21F3N4O5. The number of hydrogen-bond acceptors (Lipinski definition) is 6. The second-order valence-electron chi connectivity index (χ2n) is 7.88. The molecule has 37 heavy (non-hydrogen) atoms. The summed E-state index contributed by atoms with van der Waals surface area (Å²) in [6, 6.07) is 12.6. The largest absolute Gasteiger partial charge is 0.465 e. The van der Waals surface area contributed by atoms with Gasteiger partial charge in [0.25, 0.3) is 0 Å². The van der Waals surface area contributed by atoms with Gasteiger partial charge in [-0.2, -0.15) is 13.2 Å². The molecule has 0 unspecified atom stereocenters. The molecule has 0 aliphatic carbocycles. The number of aromatic amines is 1. The van der Waals surface area contributed by atoms with E-state index in [4.69, 9.17) is 9.57 Å². The monoisotopic (exact) mass is 514 g/mol. The van der Waals surface area contributed by atoms with E-state index in [0.29, 0.717) is 5.56 Å². The second-order valence-corrected chi connectivity index (χ2v) is 7.88. The van der Waals surface area contributed by atoms with Gasteiger partial charge in [0.05, 0.1) is 35.1 Å². The number of rotatable bonds is 8. The number of esters is 1. The summed E-state index contributed by atoms with van der Waals surface area (Å²) in [6.45, 7) is 1.17. The molecule has 0 aliphatic rings. The lowest BCUT2D eigenvalue weighted by atomic mass is 10.1. The number of ether oxygens (including phenoxy) is 1. The van der Waals surface area contributed by atoms with Gasteiger partial charge < -0.3 is 19.1 Å². The lowest BCUT2D eigenvalue weighted by Gasteiger charge is -2.17. The molecule has 0 atom stereocenters. The van der Waals surface area contributed by atoms with Crippen molar-refractivity contribution in [2.45, 2.75) is 26.3 Å². The highest BCUT2D eigenvalue weighted by atomic mass is 19.4. The molecule has 0 bridgehead atoms. The standard InChI is InChI=1S/C25H21F3N4O5/c1-2-36-22(33)14-32-21-11-20(18(25(26,27)28)10-19(21)30-23(34)24(32)35)31-9-8-17(13-31)12-29-37-15-16-6-4-3-5-7-16/h3-13H,2,14-15H2,1H3,(H,30,34). The average molecular weight is 514 g/mol. The lowest BCUT2D eigenvalue weighted by Crippen LogP contribution is -2.38. The SMILES string of the molecule is CCOC(=O)Cn1c(=O)c(=O)[nH]c2cc(C(F)(F)F)c(-n3ccc(C=NOCc4ccccc4)c3)cc21. The molecule has 192 valence electrons. The number of halogens is 3. The summed E-state index contributed by atoms with van der Waals surface area (Å²) in [4.78, 5) is 43.9. The minimum absolute atomic E-state index is 0.0287. The Balaban J connectivity index is 1.73. The topological polar surface area (TPSA) is 108 Å². The van der Waals surface area contributed by atoms with Gasteiger partial charge in [-0.25, -0.2) is 0 Å². The lowest BCUT2D eigenvalue weighted by molar-refractivity contribution is -0.143. The number of carbonyl (C=O) groups excluding carboxylic acids is 1. The fraction of sp³-hybridized carbons (Fsp3) is 0.200.